The SMILES string of the molecule is COc1ccc(C)cc1N(Cc1ccc(C(=O)NCCc2ccc(Cl)cc2)cc1)S(C)(=O)=O. The summed E-state index contributed by atoms with van der Waals surface area (Å²) in [5.74, 6) is 0.290. The number of carbonyl (C=O) groups is 1. The zero-order chi connectivity index (χ0) is 24.0. The van der Waals surface area contributed by atoms with Gasteiger partial charge in [0.05, 0.1) is 25.6 Å². The Hall–Kier alpha value is -3.03. The fourth-order valence-corrected chi connectivity index (χ4v) is 4.39. The molecule has 0 bridgehead atoms. The molecule has 0 aliphatic carbocycles. The Bertz CT molecular complexity index is 1210. The highest BCUT2D eigenvalue weighted by molar-refractivity contribution is 7.92. The number of benzene rings is 3. The number of hydrogen-bond acceptors (Lipinski definition) is 4. The van der Waals surface area contributed by atoms with Gasteiger partial charge in [-0.1, -0.05) is 41.9 Å². The van der Waals surface area contributed by atoms with Gasteiger partial charge in [-0.15, -0.1) is 0 Å². The first-order valence-electron chi connectivity index (χ1n) is 10.4. The maximum absolute atomic E-state index is 12.5. The van der Waals surface area contributed by atoms with Crippen LogP contribution in [0.1, 0.15) is 27.0 Å². The Kier molecular flexibility index (Phi) is 8.00. The molecule has 0 aliphatic heterocycles. The molecule has 3 aromatic rings. The molecule has 0 saturated heterocycles. The van der Waals surface area contributed by atoms with Crippen LogP contribution in [0, 0.1) is 6.92 Å². The van der Waals surface area contributed by atoms with E-state index in [1.165, 1.54) is 11.4 Å². The number of ether oxygens (including phenoxy) is 1. The van der Waals surface area contributed by atoms with E-state index in [4.69, 9.17) is 16.3 Å². The van der Waals surface area contributed by atoms with E-state index in [9.17, 15) is 13.2 Å². The summed E-state index contributed by atoms with van der Waals surface area (Å²) < 4.78 is 31.8. The number of carbonyl (C=O) groups excluding carboxylic acids is 1. The predicted molar refractivity (Wildman–Crippen MR) is 133 cm³/mol. The van der Waals surface area contributed by atoms with Crippen LogP contribution in [0.15, 0.2) is 66.7 Å². The first-order valence-corrected chi connectivity index (χ1v) is 12.6. The lowest BCUT2D eigenvalue weighted by molar-refractivity contribution is 0.0954. The van der Waals surface area contributed by atoms with Crippen LogP contribution in [-0.4, -0.2) is 34.2 Å². The summed E-state index contributed by atoms with van der Waals surface area (Å²) in [6.07, 6.45) is 1.86. The second-order valence-electron chi connectivity index (χ2n) is 7.77. The van der Waals surface area contributed by atoms with E-state index < -0.39 is 10.0 Å². The summed E-state index contributed by atoms with van der Waals surface area (Å²) in [4.78, 5) is 12.5. The van der Waals surface area contributed by atoms with Crippen LogP contribution in [0.25, 0.3) is 0 Å². The highest BCUT2D eigenvalue weighted by Gasteiger charge is 2.22. The van der Waals surface area contributed by atoms with Gasteiger partial charge in [-0.3, -0.25) is 9.10 Å². The van der Waals surface area contributed by atoms with Crippen molar-refractivity contribution in [3.63, 3.8) is 0 Å². The highest BCUT2D eigenvalue weighted by Crippen LogP contribution is 2.32. The normalized spacial score (nSPS) is 11.2. The van der Waals surface area contributed by atoms with Crippen molar-refractivity contribution in [2.24, 2.45) is 0 Å². The molecule has 0 spiro atoms. The molecule has 1 N–H and O–H groups in total. The average molecular weight is 487 g/mol. The molecule has 33 heavy (non-hydrogen) atoms. The Labute approximate surface area is 200 Å². The zero-order valence-corrected chi connectivity index (χ0v) is 20.4. The van der Waals surface area contributed by atoms with E-state index in [-0.39, 0.29) is 12.5 Å². The van der Waals surface area contributed by atoms with Crippen molar-refractivity contribution in [3.05, 3.63) is 94.0 Å². The predicted octanol–water partition coefficient (Wildman–Crippen LogP) is 4.60. The van der Waals surface area contributed by atoms with E-state index in [1.807, 2.05) is 37.3 Å². The van der Waals surface area contributed by atoms with Gasteiger partial charge in [0.2, 0.25) is 10.0 Å². The number of hydrogen-bond donors (Lipinski definition) is 1. The Balaban J connectivity index is 1.68. The maximum Gasteiger partial charge on any atom is 0.251 e. The minimum atomic E-state index is -3.57. The topological polar surface area (TPSA) is 75.7 Å². The van der Waals surface area contributed by atoms with Crippen LogP contribution in [0.2, 0.25) is 5.02 Å². The number of amides is 1. The van der Waals surface area contributed by atoms with Crippen molar-refractivity contribution in [1.29, 1.82) is 0 Å². The van der Waals surface area contributed by atoms with Gasteiger partial charge in [0.25, 0.3) is 5.91 Å². The van der Waals surface area contributed by atoms with E-state index in [2.05, 4.69) is 5.32 Å². The molecule has 0 aromatic heterocycles. The Morgan fingerprint density at radius 2 is 1.64 bits per heavy atom. The van der Waals surface area contributed by atoms with Gasteiger partial charge in [-0.05, 0) is 66.4 Å². The van der Waals surface area contributed by atoms with Crippen LogP contribution in [-0.2, 0) is 23.0 Å². The number of sulfonamides is 1. The largest absolute Gasteiger partial charge is 0.495 e. The van der Waals surface area contributed by atoms with Gasteiger partial charge in [0.1, 0.15) is 5.75 Å². The molecule has 8 heteroatoms. The summed E-state index contributed by atoms with van der Waals surface area (Å²) >= 11 is 5.89. The number of nitrogens with one attached hydrogen (secondary N) is 1. The molecule has 0 aliphatic rings. The Morgan fingerprint density at radius 3 is 2.24 bits per heavy atom. The van der Waals surface area contributed by atoms with Gasteiger partial charge in [-0.25, -0.2) is 8.42 Å². The summed E-state index contributed by atoms with van der Waals surface area (Å²) in [6.45, 7) is 2.51. The first-order chi connectivity index (χ1) is 15.7. The number of methoxy groups -OCH3 is 1. The smallest absolute Gasteiger partial charge is 0.251 e. The zero-order valence-electron chi connectivity index (χ0n) is 18.8. The van der Waals surface area contributed by atoms with Crippen molar-refractivity contribution in [2.75, 3.05) is 24.2 Å². The standard InChI is InChI=1S/C25H27ClN2O4S/c1-18-4-13-24(32-2)23(16-18)28(33(3,30)31)17-20-5-9-21(10-6-20)25(29)27-15-14-19-7-11-22(26)12-8-19/h4-13,16H,14-15,17H2,1-3H3,(H,27,29). The third-order valence-electron chi connectivity index (χ3n) is 5.16. The fourth-order valence-electron chi connectivity index (χ4n) is 3.38. The molecule has 6 nitrogen and oxygen atoms in total. The van der Waals surface area contributed by atoms with E-state index >= 15 is 0 Å². The molecule has 0 fully saturated rings. The lowest BCUT2D eigenvalue weighted by Crippen LogP contribution is -2.30. The van der Waals surface area contributed by atoms with Crippen molar-refractivity contribution in [2.45, 2.75) is 19.9 Å². The second-order valence-corrected chi connectivity index (χ2v) is 10.1. The summed E-state index contributed by atoms with van der Waals surface area (Å²) in [7, 11) is -2.06. The molecule has 0 radical (unpaired) electrons. The number of halogens is 1. The highest BCUT2D eigenvalue weighted by atomic mass is 35.5. The third-order valence-corrected chi connectivity index (χ3v) is 6.54. The molecule has 0 atom stereocenters. The monoisotopic (exact) mass is 486 g/mol. The van der Waals surface area contributed by atoms with Crippen LogP contribution < -0.4 is 14.4 Å². The van der Waals surface area contributed by atoms with E-state index in [0.29, 0.717) is 35.0 Å². The molecule has 0 unspecified atom stereocenters. The number of aryl methyl sites for hydroxylation is 1. The van der Waals surface area contributed by atoms with Crippen LogP contribution >= 0.6 is 11.6 Å². The third kappa shape index (κ3) is 6.73. The molecule has 0 saturated carbocycles. The summed E-state index contributed by atoms with van der Waals surface area (Å²) in [6, 6.07) is 19.8. The first kappa shape index (κ1) is 24.6. The van der Waals surface area contributed by atoms with Crippen molar-refractivity contribution in [1.82, 2.24) is 5.32 Å². The van der Waals surface area contributed by atoms with Gasteiger partial charge in [0.15, 0.2) is 0 Å². The fraction of sp³-hybridized carbons (Fsp3) is 0.240. The Morgan fingerprint density at radius 1 is 1.00 bits per heavy atom. The van der Waals surface area contributed by atoms with Gasteiger partial charge < -0.3 is 10.1 Å². The number of anilines is 1. The maximum atomic E-state index is 12.5. The molecular weight excluding hydrogens is 460 g/mol. The molecule has 174 valence electrons. The van der Waals surface area contributed by atoms with Crippen molar-refractivity contribution < 1.29 is 17.9 Å². The van der Waals surface area contributed by atoms with Gasteiger partial charge >= 0.3 is 0 Å². The summed E-state index contributed by atoms with van der Waals surface area (Å²) in [5.41, 5.74) is 3.74. The van der Waals surface area contributed by atoms with Gasteiger partial charge in [0, 0.05) is 17.1 Å². The lowest BCUT2D eigenvalue weighted by Gasteiger charge is -2.25. The summed E-state index contributed by atoms with van der Waals surface area (Å²) in [5, 5.41) is 3.58. The van der Waals surface area contributed by atoms with E-state index in [1.54, 1.807) is 36.4 Å². The van der Waals surface area contributed by atoms with E-state index in [0.717, 1.165) is 22.9 Å². The van der Waals surface area contributed by atoms with Crippen molar-refractivity contribution >= 4 is 33.2 Å². The molecule has 1 amide bonds. The van der Waals surface area contributed by atoms with Crippen LogP contribution in [0.4, 0.5) is 5.69 Å². The molecule has 3 rings (SSSR count). The quantitative estimate of drug-likeness (QED) is 0.479. The molecular formula is C25H27ClN2O4S. The molecule has 3 aromatic carbocycles. The minimum Gasteiger partial charge on any atom is -0.495 e. The van der Waals surface area contributed by atoms with Crippen molar-refractivity contribution in [3.8, 4) is 5.75 Å². The molecule has 0 heterocycles. The average Bonchev–Trinajstić information content (AvgIpc) is 2.78. The number of rotatable bonds is 9. The van der Waals surface area contributed by atoms with Crippen LogP contribution in [0.3, 0.4) is 0 Å². The lowest BCUT2D eigenvalue weighted by atomic mass is 10.1. The minimum absolute atomic E-state index is 0.122. The number of nitrogens with zero attached hydrogens (tertiary/aromatic N) is 1. The van der Waals surface area contributed by atoms with Crippen LogP contribution in [0.5, 0.6) is 5.75 Å². The second kappa shape index (κ2) is 10.7. The van der Waals surface area contributed by atoms with Gasteiger partial charge in [-0.2, -0.15) is 0 Å².